The number of fused-ring (bicyclic) bond motifs is 4. The van der Waals surface area contributed by atoms with Gasteiger partial charge in [0.1, 0.15) is 17.6 Å². The zero-order valence-corrected chi connectivity index (χ0v) is 27.3. The molecule has 0 unspecified atom stereocenters. The average molecular weight is 635 g/mol. The van der Waals surface area contributed by atoms with E-state index in [9.17, 15) is 34.8 Å². The number of methoxy groups -OCH3 is 1. The molecular weight excluding hydrogens is 584 g/mol. The normalized spacial score (nSPS) is 53.5. The Labute approximate surface area is 264 Å². The minimum atomic E-state index is -1.57. The first-order valence-electron chi connectivity index (χ1n) is 16.4. The number of aliphatic hydroxyl groups is 4. The summed E-state index contributed by atoms with van der Waals surface area (Å²) in [7, 11) is 1.31. The Bertz CT molecular complexity index is 1300. The van der Waals surface area contributed by atoms with E-state index in [0.717, 1.165) is 12.0 Å². The van der Waals surface area contributed by atoms with Gasteiger partial charge in [-0.25, -0.2) is 0 Å². The summed E-state index contributed by atoms with van der Waals surface area (Å²) in [6.07, 6.45) is -3.09. The second-order valence-electron chi connectivity index (χ2n) is 15.8. The third kappa shape index (κ3) is 3.73. The van der Waals surface area contributed by atoms with Crippen LogP contribution in [-0.2, 0) is 33.3 Å². The number of esters is 3. The maximum Gasteiger partial charge on any atom is 0.315 e. The van der Waals surface area contributed by atoms with Gasteiger partial charge in [0.2, 0.25) is 0 Å². The van der Waals surface area contributed by atoms with E-state index in [4.69, 9.17) is 18.9 Å². The lowest BCUT2D eigenvalue weighted by Crippen LogP contribution is -2.84. The highest BCUT2D eigenvalue weighted by Gasteiger charge is 2.85. The van der Waals surface area contributed by atoms with Crippen LogP contribution in [0.5, 0.6) is 0 Å². The van der Waals surface area contributed by atoms with Gasteiger partial charge < -0.3 is 39.4 Å². The Morgan fingerprint density at radius 1 is 0.933 bits per heavy atom. The molecule has 11 heteroatoms. The van der Waals surface area contributed by atoms with Gasteiger partial charge in [-0.1, -0.05) is 32.9 Å². The van der Waals surface area contributed by atoms with Crippen molar-refractivity contribution >= 4 is 17.9 Å². The fraction of sp³-hybridized carbons (Fsp3) is 0.853. The summed E-state index contributed by atoms with van der Waals surface area (Å²) in [4.78, 5) is 39.4. The van der Waals surface area contributed by atoms with Gasteiger partial charge >= 0.3 is 17.9 Å². The van der Waals surface area contributed by atoms with E-state index in [1.54, 1.807) is 6.92 Å². The summed E-state index contributed by atoms with van der Waals surface area (Å²) in [6, 6.07) is 0. The summed E-state index contributed by atoms with van der Waals surface area (Å²) in [5, 5.41) is 49.2. The average Bonchev–Trinajstić information content (AvgIpc) is 2.96. The van der Waals surface area contributed by atoms with E-state index in [2.05, 4.69) is 6.58 Å². The third-order valence-corrected chi connectivity index (χ3v) is 14.4. The summed E-state index contributed by atoms with van der Waals surface area (Å²) < 4.78 is 23.5. The largest absolute Gasteiger partial charge is 0.468 e. The van der Waals surface area contributed by atoms with E-state index in [1.165, 1.54) is 21.0 Å². The zero-order valence-electron chi connectivity index (χ0n) is 27.3. The molecule has 0 aromatic carbocycles. The fourth-order valence-corrected chi connectivity index (χ4v) is 12.4. The highest BCUT2D eigenvalue weighted by atomic mass is 16.6. The summed E-state index contributed by atoms with van der Waals surface area (Å²) in [5.74, 6) is -3.87. The zero-order chi connectivity index (χ0) is 33.1. The number of aliphatic hydroxyl groups excluding tert-OH is 3. The second kappa shape index (κ2) is 10.2. The molecule has 1 aliphatic heterocycles. The number of ether oxygens (including phenoxy) is 4. The van der Waals surface area contributed by atoms with Crippen molar-refractivity contribution in [3.63, 3.8) is 0 Å². The van der Waals surface area contributed by atoms with Crippen molar-refractivity contribution in [3.8, 4) is 0 Å². The van der Waals surface area contributed by atoms with Crippen LogP contribution in [0.1, 0.15) is 86.0 Å². The summed E-state index contributed by atoms with van der Waals surface area (Å²) >= 11 is 0. The van der Waals surface area contributed by atoms with E-state index in [-0.39, 0.29) is 32.3 Å². The number of carbonyl (C=O) groups is 3. The minimum absolute atomic E-state index is 0.0865. The monoisotopic (exact) mass is 634 g/mol. The highest BCUT2D eigenvalue weighted by Crippen LogP contribution is 2.81. The number of carbonyl (C=O) groups excluding carboxylic acids is 3. The molecule has 6 fully saturated rings. The molecule has 14 atom stereocenters. The Morgan fingerprint density at radius 2 is 1.58 bits per heavy atom. The molecule has 5 saturated carbocycles. The molecule has 6 aliphatic rings. The molecular formula is C34H50O11. The van der Waals surface area contributed by atoms with Gasteiger partial charge in [-0.3, -0.25) is 14.4 Å². The molecule has 0 amide bonds. The molecule has 1 spiro atoms. The molecule has 2 bridgehead atoms. The van der Waals surface area contributed by atoms with E-state index < -0.39 is 99.0 Å². The molecule has 0 aromatic heterocycles. The van der Waals surface area contributed by atoms with Crippen molar-refractivity contribution in [3.05, 3.63) is 12.2 Å². The molecule has 0 radical (unpaired) electrons. The van der Waals surface area contributed by atoms with Gasteiger partial charge in [0, 0.05) is 36.5 Å². The molecule has 6 rings (SSSR count). The topological polar surface area (TPSA) is 169 Å². The van der Waals surface area contributed by atoms with Crippen LogP contribution in [0.4, 0.5) is 0 Å². The van der Waals surface area contributed by atoms with Crippen molar-refractivity contribution in [2.24, 2.45) is 44.8 Å². The Hall–Kier alpha value is -2.05. The predicted molar refractivity (Wildman–Crippen MR) is 158 cm³/mol. The fourth-order valence-electron chi connectivity index (χ4n) is 12.4. The Kier molecular flexibility index (Phi) is 7.47. The molecule has 1 saturated heterocycles. The van der Waals surface area contributed by atoms with Crippen molar-refractivity contribution in [2.75, 3.05) is 13.7 Å². The smallest absolute Gasteiger partial charge is 0.315 e. The van der Waals surface area contributed by atoms with Crippen molar-refractivity contribution < 1.29 is 53.8 Å². The lowest BCUT2D eigenvalue weighted by molar-refractivity contribution is -0.417. The molecule has 252 valence electrons. The molecule has 11 nitrogen and oxygen atoms in total. The molecule has 1 heterocycles. The summed E-state index contributed by atoms with van der Waals surface area (Å²) in [5.41, 5.74) is -6.42. The Balaban J connectivity index is 1.62. The number of rotatable bonds is 3. The van der Waals surface area contributed by atoms with Crippen LogP contribution in [-0.4, -0.2) is 88.4 Å². The first-order valence-corrected chi connectivity index (χ1v) is 16.4. The lowest BCUT2D eigenvalue weighted by atomic mass is 9.27. The molecule has 45 heavy (non-hydrogen) atoms. The quantitative estimate of drug-likeness (QED) is 0.204. The van der Waals surface area contributed by atoms with Gasteiger partial charge in [-0.05, 0) is 68.1 Å². The Morgan fingerprint density at radius 3 is 2.20 bits per heavy atom. The first-order chi connectivity index (χ1) is 20.9. The molecule has 5 aliphatic carbocycles. The maximum absolute atomic E-state index is 14.4. The number of hydrogen-bond acceptors (Lipinski definition) is 11. The van der Waals surface area contributed by atoms with Crippen molar-refractivity contribution in [2.45, 2.75) is 122 Å². The van der Waals surface area contributed by atoms with Crippen LogP contribution in [0, 0.1) is 44.8 Å². The number of hydrogen-bond donors (Lipinski definition) is 4. The van der Waals surface area contributed by atoms with E-state index in [0.29, 0.717) is 19.3 Å². The third-order valence-electron chi connectivity index (χ3n) is 14.4. The van der Waals surface area contributed by atoms with Gasteiger partial charge in [0.25, 0.3) is 0 Å². The molecule has 4 N–H and O–H groups in total. The van der Waals surface area contributed by atoms with Crippen molar-refractivity contribution in [1.29, 1.82) is 0 Å². The standard InChI is InChI=1S/C34H50O11/c1-17-8-9-29(5)10-11-30(6)25-24(45-20(4)36)26(38)32-16-43-27(39)31(25,12-13-33(30,28(40)42-7)34(29,41)15-17)22(32)14-21(37)23(18(32)2)44-19(3)35/h18,21-27,37-39,41H,1,8-16H2,2-7H3/t18-,21+,22-,23+,24-,25+,26+,27-,29+,30+,31+,32+,33-,34-/m0/s1. The van der Waals surface area contributed by atoms with Gasteiger partial charge in [0.05, 0.1) is 31.5 Å². The van der Waals surface area contributed by atoms with Crippen LogP contribution in [0.15, 0.2) is 12.2 Å². The van der Waals surface area contributed by atoms with Gasteiger partial charge in [0.15, 0.2) is 6.29 Å². The van der Waals surface area contributed by atoms with Gasteiger partial charge in [-0.15, -0.1) is 0 Å². The van der Waals surface area contributed by atoms with Crippen LogP contribution in [0.25, 0.3) is 0 Å². The summed E-state index contributed by atoms with van der Waals surface area (Å²) in [6.45, 7) is 12.3. The van der Waals surface area contributed by atoms with E-state index >= 15 is 0 Å². The predicted octanol–water partition coefficient (Wildman–Crippen LogP) is 2.41. The highest BCUT2D eigenvalue weighted by molar-refractivity contribution is 5.81. The van der Waals surface area contributed by atoms with Crippen molar-refractivity contribution in [1.82, 2.24) is 0 Å². The van der Waals surface area contributed by atoms with Gasteiger partial charge in [-0.2, -0.15) is 0 Å². The lowest BCUT2D eigenvalue weighted by Gasteiger charge is -2.78. The van der Waals surface area contributed by atoms with E-state index in [1.807, 2.05) is 13.8 Å². The first kappa shape index (κ1) is 32.9. The second-order valence-corrected chi connectivity index (χ2v) is 15.8. The minimum Gasteiger partial charge on any atom is -0.468 e. The maximum atomic E-state index is 14.4. The van der Waals surface area contributed by atoms with Crippen LogP contribution >= 0.6 is 0 Å². The van der Waals surface area contributed by atoms with Crippen LogP contribution in [0.2, 0.25) is 0 Å². The SMILES string of the molecule is C=C1CC[C@]2(C)CC[C@]3(C)[C@H]4[C@H](OC(C)=O)[C@@H](O)[C@@]56CO[C@H](O)[C@]4(CC[C@@]3(C(=O)OC)[C@]2(O)C1)[C@@H]5C[C@@H](O)[C@H](OC(C)=O)[C@@H]6C. The van der Waals surface area contributed by atoms with Crippen LogP contribution < -0.4 is 0 Å². The molecule has 0 aromatic rings. The van der Waals surface area contributed by atoms with Crippen LogP contribution in [0.3, 0.4) is 0 Å².